The maximum Gasteiger partial charge on any atom is 0.262 e. The Hall–Kier alpha value is -2.28. The Morgan fingerprint density at radius 1 is 1.00 bits per heavy atom. The molecule has 7 heteroatoms. The lowest BCUT2D eigenvalue weighted by Crippen LogP contribution is -2.20. The SMILES string of the molecule is CCOc1ccc(NC(=O)COc2ccc(Br)cc2F)cc1OCC. The Bertz CT molecular complexity index is 739. The predicted molar refractivity (Wildman–Crippen MR) is 97.0 cm³/mol. The zero-order valence-corrected chi connectivity index (χ0v) is 15.6. The predicted octanol–water partition coefficient (Wildman–Crippen LogP) is 4.40. The Balaban J connectivity index is 1.98. The third kappa shape index (κ3) is 5.63. The van der Waals surface area contributed by atoms with Gasteiger partial charge in [-0.25, -0.2) is 4.39 Å². The average Bonchev–Trinajstić information content (AvgIpc) is 2.57. The molecule has 0 bridgehead atoms. The number of hydrogen-bond acceptors (Lipinski definition) is 4. The van der Waals surface area contributed by atoms with Crippen molar-refractivity contribution < 1.29 is 23.4 Å². The maximum atomic E-state index is 13.7. The van der Waals surface area contributed by atoms with E-state index in [9.17, 15) is 9.18 Å². The number of anilines is 1. The van der Waals surface area contributed by atoms with Crippen molar-refractivity contribution in [2.75, 3.05) is 25.1 Å². The van der Waals surface area contributed by atoms with Crippen LogP contribution < -0.4 is 19.5 Å². The standard InChI is InChI=1S/C18H19BrFNO4/c1-3-23-16-8-6-13(10-17(16)24-4-2)21-18(22)11-25-15-7-5-12(19)9-14(15)20/h5-10H,3-4,11H2,1-2H3,(H,21,22). The zero-order valence-electron chi connectivity index (χ0n) is 14.0. The summed E-state index contributed by atoms with van der Waals surface area (Å²) in [5, 5.41) is 2.68. The van der Waals surface area contributed by atoms with E-state index in [0.29, 0.717) is 34.9 Å². The molecule has 5 nitrogen and oxygen atoms in total. The highest BCUT2D eigenvalue weighted by atomic mass is 79.9. The summed E-state index contributed by atoms with van der Waals surface area (Å²) in [6, 6.07) is 9.46. The quantitative estimate of drug-likeness (QED) is 0.698. The molecule has 0 unspecified atom stereocenters. The molecule has 0 aromatic heterocycles. The van der Waals surface area contributed by atoms with E-state index in [0.717, 1.165) is 0 Å². The van der Waals surface area contributed by atoms with Crippen LogP contribution in [0.2, 0.25) is 0 Å². The average molecular weight is 412 g/mol. The fourth-order valence-electron chi connectivity index (χ4n) is 2.06. The van der Waals surface area contributed by atoms with Crippen LogP contribution in [0.4, 0.5) is 10.1 Å². The van der Waals surface area contributed by atoms with Crippen molar-refractivity contribution in [1.29, 1.82) is 0 Å². The molecule has 1 amide bonds. The third-order valence-electron chi connectivity index (χ3n) is 3.08. The van der Waals surface area contributed by atoms with Gasteiger partial charge in [0.25, 0.3) is 5.91 Å². The van der Waals surface area contributed by atoms with Gasteiger partial charge in [0.1, 0.15) is 0 Å². The van der Waals surface area contributed by atoms with Crippen molar-refractivity contribution in [3.63, 3.8) is 0 Å². The molecule has 134 valence electrons. The number of carbonyl (C=O) groups is 1. The molecule has 25 heavy (non-hydrogen) atoms. The Morgan fingerprint density at radius 2 is 1.68 bits per heavy atom. The van der Waals surface area contributed by atoms with Crippen LogP contribution in [0.1, 0.15) is 13.8 Å². The first kappa shape index (κ1) is 19.1. The van der Waals surface area contributed by atoms with E-state index >= 15 is 0 Å². The van der Waals surface area contributed by atoms with Crippen molar-refractivity contribution >= 4 is 27.5 Å². The molecule has 0 heterocycles. The number of rotatable bonds is 8. The summed E-state index contributed by atoms with van der Waals surface area (Å²) in [7, 11) is 0. The largest absolute Gasteiger partial charge is 0.490 e. The van der Waals surface area contributed by atoms with E-state index in [1.165, 1.54) is 12.1 Å². The van der Waals surface area contributed by atoms with E-state index in [4.69, 9.17) is 14.2 Å². The molecular weight excluding hydrogens is 393 g/mol. The van der Waals surface area contributed by atoms with Gasteiger partial charge in [-0.05, 0) is 44.2 Å². The van der Waals surface area contributed by atoms with Crippen molar-refractivity contribution in [2.24, 2.45) is 0 Å². The molecule has 2 aromatic rings. The monoisotopic (exact) mass is 411 g/mol. The normalized spacial score (nSPS) is 10.2. The van der Waals surface area contributed by atoms with Crippen LogP contribution in [0.15, 0.2) is 40.9 Å². The number of carbonyl (C=O) groups excluding carboxylic acids is 1. The molecule has 0 saturated heterocycles. The zero-order chi connectivity index (χ0) is 18.2. The van der Waals surface area contributed by atoms with Crippen molar-refractivity contribution in [1.82, 2.24) is 0 Å². The third-order valence-corrected chi connectivity index (χ3v) is 3.57. The second kappa shape index (κ2) is 9.27. The van der Waals surface area contributed by atoms with E-state index in [1.54, 1.807) is 24.3 Å². The number of halogens is 2. The summed E-state index contributed by atoms with van der Waals surface area (Å²) in [5.74, 6) is 0.216. The summed E-state index contributed by atoms with van der Waals surface area (Å²) < 4.78 is 30.4. The summed E-state index contributed by atoms with van der Waals surface area (Å²) in [6.07, 6.45) is 0. The fraction of sp³-hybridized carbons (Fsp3) is 0.278. The smallest absolute Gasteiger partial charge is 0.262 e. The molecular formula is C18H19BrFNO4. The second-order valence-electron chi connectivity index (χ2n) is 4.94. The van der Waals surface area contributed by atoms with Crippen LogP contribution in [0.3, 0.4) is 0 Å². The number of nitrogens with one attached hydrogen (secondary N) is 1. The highest BCUT2D eigenvalue weighted by Crippen LogP contribution is 2.30. The van der Waals surface area contributed by atoms with E-state index in [2.05, 4.69) is 21.2 Å². The summed E-state index contributed by atoms with van der Waals surface area (Å²) in [5.41, 5.74) is 0.539. The van der Waals surface area contributed by atoms with Gasteiger partial charge < -0.3 is 19.5 Å². The van der Waals surface area contributed by atoms with Gasteiger partial charge in [0.15, 0.2) is 29.7 Å². The number of amides is 1. The molecule has 0 radical (unpaired) electrons. The molecule has 2 rings (SSSR count). The lowest BCUT2D eigenvalue weighted by Gasteiger charge is -2.13. The molecule has 0 fully saturated rings. The van der Waals surface area contributed by atoms with Crippen LogP contribution in [-0.2, 0) is 4.79 Å². The van der Waals surface area contributed by atoms with Crippen LogP contribution in [0, 0.1) is 5.82 Å². The Morgan fingerprint density at radius 3 is 2.36 bits per heavy atom. The van der Waals surface area contributed by atoms with E-state index < -0.39 is 11.7 Å². The summed E-state index contributed by atoms with van der Waals surface area (Å²) >= 11 is 3.16. The minimum absolute atomic E-state index is 0.0139. The van der Waals surface area contributed by atoms with Crippen molar-refractivity contribution in [2.45, 2.75) is 13.8 Å². The van der Waals surface area contributed by atoms with Gasteiger partial charge in [0.05, 0.1) is 13.2 Å². The van der Waals surface area contributed by atoms with Crippen LogP contribution in [0.25, 0.3) is 0 Å². The van der Waals surface area contributed by atoms with Crippen LogP contribution >= 0.6 is 15.9 Å². The van der Waals surface area contributed by atoms with Crippen molar-refractivity contribution in [3.8, 4) is 17.2 Å². The summed E-state index contributed by atoms with van der Waals surface area (Å²) in [6.45, 7) is 4.42. The first-order valence-corrected chi connectivity index (χ1v) is 8.60. The van der Waals surface area contributed by atoms with Gasteiger partial charge in [-0.3, -0.25) is 4.79 Å². The maximum absolute atomic E-state index is 13.7. The van der Waals surface area contributed by atoms with Crippen LogP contribution in [-0.4, -0.2) is 25.7 Å². The topological polar surface area (TPSA) is 56.8 Å². The van der Waals surface area contributed by atoms with E-state index in [-0.39, 0.29) is 12.4 Å². The molecule has 0 saturated carbocycles. The van der Waals surface area contributed by atoms with Crippen molar-refractivity contribution in [3.05, 3.63) is 46.7 Å². The van der Waals surface area contributed by atoms with Gasteiger partial charge in [-0.1, -0.05) is 15.9 Å². The molecule has 2 aromatic carbocycles. The minimum Gasteiger partial charge on any atom is -0.490 e. The molecule has 0 aliphatic heterocycles. The van der Waals surface area contributed by atoms with Gasteiger partial charge in [0, 0.05) is 16.2 Å². The lowest BCUT2D eigenvalue weighted by molar-refractivity contribution is -0.118. The first-order chi connectivity index (χ1) is 12.0. The molecule has 1 N–H and O–H groups in total. The van der Waals surface area contributed by atoms with Crippen LogP contribution in [0.5, 0.6) is 17.2 Å². The molecule has 0 atom stereocenters. The molecule has 0 aliphatic carbocycles. The Labute approximate surface area is 154 Å². The minimum atomic E-state index is -0.540. The Kier molecular flexibility index (Phi) is 7.06. The van der Waals surface area contributed by atoms with E-state index in [1.807, 2.05) is 13.8 Å². The highest BCUT2D eigenvalue weighted by molar-refractivity contribution is 9.10. The molecule has 0 spiro atoms. The van der Waals surface area contributed by atoms with Gasteiger partial charge in [0.2, 0.25) is 0 Å². The van der Waals surface area contributed by atoms with Gasteiger partial charge >= 0.3 is 0 Å². The number of ether oxygens (including phenoxy) is 3. The second-order valence-corrected chi connectivity index (χ2v) is 5.85. The van der Waals surface area contributed by atoms with Gasteiger partial charge in [-0.15, -0.1) is 0 Å². The summed E-state index contributed by atoms with van der Waals surface area (Å²) in [4.78, 5) is 12.0. The van der Waals surface area contributed by atoms with Gasteiger partial charge in [-0.2, -0.15) is 0 Å². The first-order valence-electron chi connectivity index (χ1n) is 7.80. The lowest BCUT2D eigenvalue weighted by atomic mass is 10.2. The fourth-order valence-corrected chi connectivity index (χ4v) is 2.39. The molecule has 0 aliphatic rings. The number of hydrogen-bond donors (Lipinski definition) is 1. The highest BCUT2D eigenvalue weighted by Gasteiger charge is 2.10. The number of benzene rings is 2.